The van der Waals surface area contributed by atoms with Crippen LogP contribution in [0, 0.1) is 10.8 Å². The van der Waals surface area contributed by atoms with Crippen molar-refractivity contribution >= 4 is 23.8 Å². The van der Waals surface area contributed by atoms with Crippen molar-refractivity contribution in [3.63, 3.8) is 0 Å². The average molecular weight is 639 g/mol. The molecule has 0 unspecified atom stereocenters. The maximum absolute atomic E-state index is 13.4. The van der Waals surface area contributed by atoms with Gasteiger partial charge in [-0.15, -0.1) is 0 Å². The summed E-state index contributed by atoms with van der Waals surface area (Å²) in [5.74, 6) is 0.543. The molecule has 254 valence electrons. The fraction of sp³-hybridized carbons (Fsp3) is 0.553. The van der Waals surface area contributed by atoms with Gasteiger partial charge < -0.3 is 23.7 Å². The smallest absolute Gasteiger partial charge is 0.314 e. The van der Waals surface area contributed by atoms with Gasteiger partial charge in [0.15, 0.2) is 5.78 Å². The molecule has 0 aliphatic heterocycles. The van der Waals surface area contributed by atoms with E-state index in [1.54, 1.807) is 71.9 Å². The molecule has 0 radical (unpaired) electrons. The van der Waals surface area contributed by atoms with Crippen molar-refractivity contribution in [2.24, 2.45) is 10.8 Å². The van der Waals surface area contributed by atoms with Crippen LogP contribution in [0.4, 0.5) is 0 Å². The number of rotatable bonds is 11. The molecule has 8 nitrogen and oxygen atoms in total. The molecule has 0 fully saturated rings. The number of carbonyl (C=O) groups excluding carboxylic acids is 3. The Morgan fingerprint density at radius 2 is 1.13 bits per heavy atom. The first kappa shape index (κ1) is 38.4. The predicted molar refractivity (Wildman–Crippen MR) is 181 cm³/mol. The molecular weight excluding hydrogens is 584 g/mol. The SMILES string of the molecule is CC(C)Oc1c(C(C)(C)C)cc(C(C)(C)C)c(OCOC(=O)C(C)(C)C)c1/C=C/C(=O)c1ccc(OCOC(=O)C(C)(C)C)cc1. The maximum Gasteiger partial charge on any atom is 0.314 e. The number of esters is 2. The maximum atomic E-state index is 13.4. The third kappa shape index (κ3) is 10.9. The zero-order valence-electron chi connectivity index (χ0n) is 30.3. The highest BCUT2D eigenvalue weighted by atomic mass is 16.7. The van der Waals surface area contributed by atoms with Gasteiger partial charge in [-0.05, 0) is 109 Å². The summed E-state index contributed by atoms with van der Waals surface area (Å²) < 4.78 is 28.8. The van der Waals surface area contributed by atoms with Crippen LogP contribution in [-0.4, -0.2) is 37.4 Å². The highest BCUT2D eigenvalue weighted by molar-refractivity contribution is 6.07. The van der Waals surface area contributed by atoms with Gasteiger partial charge in [0.25, 0.3) is 0 Å². The number of carbonyl (C=O) groups is 3. The second-order valence-corrected chi connectivity index (χ2v) is 15.8. The normalized spacial score (nSPS) is 12.7. The fourth-order valence-electron chi connectivity index (χ4n) is 4.15. The minimum absolute atomic E-state index is 0.161. The van der Waals surface area contributed by atoms with Crippen LogP contribution < -0.4 is 14.2 Å². The average Bonchev–Trinajstić information content (AvgIpc) is 2.89. The van der Waals surface area contributed by atoms with Crippen LogP contribution in [0.1, 0.15) is 124 Å². The molecular formula is C38H54O8. The zero-order valence-corrected chi connectivity index (χ0v) is 30.3. The Kier molecular flexibility index (Phi) is 12.3. The molecule has 0 aromatic heterocycles. The molecule has 0 atom stereocenters. The van der Waals surface area contributed by atoms with Crippen molar-refractivity contribution in [1.82, 2.24) is 0 Å². The lowest BCUT2D eigenvalue weighted by molar-refractivity contribution is -0.160. The first-order valence-electron chi connectivity index (χ1n) is 15.7. The standard InChI is InChI=1S/C38H54O8/c1-24(2)46-32-27(19-20-30(39)25-15-17-26(18-16-25)42-22-44-33(40)37(9,10)11)31(43-23-45-34(41)38(12,13)14)28(35(3,4)5)21-29(32)36(6,7)8/h15-21,24H,22-23H2,1-14H3/b20-19+. The molecule has 0 aliphatic rings. The molecule has 2 aromatic carbocycles. The Morgan fingerprint density at radius 3 is 1.57 bits per heavy atom. The lowest BCUT2D eigenvalue weighted by Gasteiger charge is -2.32. The Bertz CT molecular complexity index is 1400. The van der Waals surface area contributed by atoms with Gasteiger partial charge in [-0.3, -0.25) is 14.4 Å². The van der Waals surface area contributed by atoms with E-state index in [0.29, 0.717) is 28.4 Å². The molecule has 46 heavy (non-hydrogen) atoms. The van der Waals surface area contributed by atoms with Crippen molar-refractivity contribution in [3.8, 4) is 17.2 Å². The molecule has 0 bridgehead atoms. The van der Waals surface area contributed by atoms with Crippen LogP contribution in [0.15, 0.2) is 36.4 Å². The van der Waals surface area contributed by atoms with Crippen LogP contribution in [0.2, 0.25) is 0 Å². The van der Waals surface area contributed by atoms with E-state index in [2.05, 4.69) is 47.6 Å². The number of ketones is 1. The second-order valence-electron chi connectivity index (χ2n) is 15.8. The molecule has 0 N–H and O–H groups in total. The number of ether oxygens (including phenoxy) is 5. The molecule has 0 saturated heterocycles. The Morgan fingerprint density at radius 1 is 0.674 bits per heavy atom. The summed E-state index contributed by atoms with van der Waals surface area (Å²) in [6.45, 7) is 26.6. The Labute approximate surface area is 275 Å². The number of hydrogen-bond donors (Lipinski definition) is 0. The van der Waals surface area contributed by atoms with Crippen molar-refractivity contribution in [2.45, 2.75) is 114 Å². The minimum Gasteiger partial charge on any atom is -0.490 e. The quantitative estimate of drug-likeness (QED) is 0.104. The van der Waals surface area contributed by atoms with Gasteiger partial charge in [-0.25, -0.2) is 0 Å². The highest BCUT2D eigenvalue weighted by Gasteiger charge is 2.32. The second kappa shape index (κ2) is 14.7. The van der Waals surface area contributed by atoms with E-state index in [-0.39, 0.29) is 48.2 Å². The lowest BCUT2D eigenvalue weighted by Crippen LogP contribution is -2.26. The Balaban J connectivity index is 2.55. The van der Waals surface area contributed by atoms with Crippen molar-refractivity contribution in [3.05, 3.63) is 58.7 Å². The van der Waals surface area contributed by atoms with Crippen LogP contribution in [0.3, 0.4) is 0 Å². The van der Waals surface area contributed by atoms with Crippen molar-refractivity contribution < 1.29 is 38.1 Å². The summed E-state index contributed by atoms with van der Waals surface area (Å²) >= 11 is 0. The summed E-state index contributed by atoms with van der Waals surface area (Å²) in [4.78, 5) is 37.9. The van der Waals surface area contributed by atoms with Gasteiger partial charge in [0.1, 0.15) is 17.2 Å². The van der Waals surface area contributed by atoms with Gasteiger partial charge in [-0.1, -0.05) is 41.5 Å². The Hall–Kier alpha value is -3.81. The molecule has 0 saturated carbocycles. The first-order chi connectivity index (χ1) is 20.9. The largest absolute Gasteiger partial charge is 0.490 e. The summed E-state index contributed by atoms with van der Waals surface area (Å²) in [6.07, 6.45) is 3.03. The van der Waals surface area contributed by atoms with E-state index < -0.39 is 10.8 Å². The van der Waals surface area contributed by atoms with E-state index >= 15 is 0 Å². The topological polar surface area (TPSA) is 97.4 Å². The summed E-state index contributed by atoms with van der Waals surface area (Å²) in [6, 6.07) is 8.68. The van der Waals surface area contributed by atoms with Crippen LogP contribution in [0.25, 0.3) is 6.08 Å². The highest BCUT2D eigenvalue weighted by Crippen LogP contribution is 2.46. The third-order valence-electron chi connectivity index (χ3n) is 6.81. The van der Waals surface area contributed by atoms with Crippen molar-refractivity contribution in [2.75, 3.05) is 13.6 Å². The predicted octanol–water partition coefficient (Wildman–Crippen LogP) is 8.82. The lowest BCUT2D eigenvalue weighted by atomic mass is 9.78. The first-order valence-corrected chi connectivity index (χ1v) is 15.7. The third-order valence-corrected chi connectivity index (χ3v) is 6.81. The molecule has 0 heterocycles. The zero-order chi connectivity index (χ0) is 35.3. The van der Waals surface area contributed by atoms with E-state index in [1.165, 1.54) is 6.08 Å². The molecule has 2 rings (SSSR count). The molecule has 0 amide bonds. The molecule has 0 aliphatic carbocycles. The van der Waals surface area contributed by atoms with Gasteiger partial charge in [0, 0.05) is 16.7 Å². The van der Waals surface area contributed by atoms with E-state index in [4.69, 9.17) is 23.7 Å². The van der Waals surface area contributed by atoms with E-state index in [0.717, 1.165) is 11.1 Å². The van der Waals surface area contributed by atoms with Gasteiger partial charge >= 0.3 is 11.9 Å². The van der Waals surface area contributed by atoms with Gasteiger partial charge in [0.2, 0.25) is 13.6 Å². The van der Waals surface area contributed by atoms with Crippen LogP contribution in [0.5, 0.6) is 17.2 Å². The van der Waals surface area contributed by atoms with Gasteiger partial charge in [-0.2, -0.15) is 0 Å². The van der Waals surface area contributed by atoms with Gasteiger partial charge in [0.05, 0.1) is 22.5 Å². The fourth-order valence-corrected chi connectivity index (χ4v) is 4.15. The van der Waals surface area contributed by atoms with Crippen LogP contribution in [-0.2, 0) is 29.9 Å². The van der Waals surface area contributed by atoms with E-state index in [1.807, 2.05) is 13.8 Å². The number of hydrogen-bond acceptors (Lipinski definition) is 8. The summed E-state index contributed by atoms with van der Waals surface area (Å²) in [5, 5.41) is 0. The monoisotopic (exact) mass is 638 g/mol. The summed E-state index contributed by atoms with van der Waals surface area (Å²) in [7, 11) is 0. The molecule has 0 spiro atoms. The number of allylic oxidation sites excluding steroid dienone is 1. The molecule has 8 heteroatoms. The number of benzene rings is 2. The summed E-state index contributed by atoms with van der Waals surface area (Å²) in [5.41, 5.74) is 0.901. The van der Waals surface area contributed by atoms with Crippen molar-refractivity contribution in [1.29, 1.82) is 0 Å². The minimum atomic E-state index is -0.690. The van der Waals surface area contributed by atoms with E-state index in [9.17, 15) is 14.4 Å². The molecule has 2 aromatic rings. The van der Waals surface area contributed by atoms with Crippen LogP contribution >= 0.6 is 0 Å².